The topological polar surface area (TPSA) is 23.8 Å². The van der Waals surface area contributed by atoms with Crippen molar-refractivity contribution < 1.29 is 13.2 Å². The van der Waals surface area contributed by atoms with Crippen molar-refractivity contribution in [3.05, 3.63) is 0 Å². The van der Waals surface area contributed by atoms with Crippen molar-refractivity contribution in [2.75, 3.05) is 0 Å². The van der Waals surface area contributed by atoms with E-state index in [1.165, 1.54) is 0 Å². The van der Waals surface area contributed by atoms with Gasteiger partial charge in [-0.2, -0.15) is 18.4 Å². The number of rotatable bonds is 2. The Balaban J connectivity index is 2.62. The van der Waals surface area contributed by atoms with Crippen molar-refractivity contribution in [3.63, 3.8) is 0 Å². The van der Waals surface area contributed by atoms with E-state index in [1.54, 1.807) is 6.07 Å². The Labute approximate surface area is 81.9 Å². The molecule has 4 heteroatoms. The summed E-state index contributed by atoms with van der Waals surface area (Å²) >= 11 is 0. The lowest BCUT2D eigenvalue weighted by atomic mass is 9.78. The molecule has 1 fully saturated rings. The largest absolute Gasteiger partial charge is 0.393 e. The fourth-order valence-electron chi connectivity index (χ4n) is 2.18. The second-order valence-electron chi connectivity index (χ2n) is 3.91. The van der Waals surface area contributed by atoms with Crippen LogP contribution in [0, 0.1) is 23.2 Å². The molecule has 0 spiro atoms. The van der Waals surface area contributed by atoms with Gasteiger partial charge in [0.2, 0.25) is 0 Å². The molecule has 0 N–H and O–H groups in total. The van der Waals surface area contributed by atoms with Gasteiger partial charge in [0.05, 0.1) is 12.0 Å². The van der Waals surface area contributed by atoms with Crippen LogP contribution >= 0.6 is 0 Å². The SMILES string of the molecule is N#CCC(C1CCCCC1)C(F)(F)F. The smallest absolute Gasteiger partial charge is 0.198 e. The Morgan fingerprint density at radius 3 is 2.21 bits per heavy atom. The van der Waals surface area contributed by atoms with Crippen molar-refractivity contribution in [2.45, 2.75) is 44.7 Å². The van der Waals surface area contributed by atoms with E-state index in [4.69, 9.17) is 5.26 Å². The third-order valence-corrected chi connectivity index (χ3v) is 2.95. The van der Waals surface area contributed by atoms with Crippen molar-refractivity contribution in [1.82, 2.24) is 0 Å². The first-order valence-corrected chi connectivity index (χ1v) is 4.99. The lowest BCUT2D eigenvalue weighted by Crippen LogP contribution is -2.31. The van der Waals surface area contributed by atoms with Gasteiger partial charge in [0.25, 0.3) is 0 Å². The molecule has 1 unspecified atom stereocenters. The van der Waals surface area contributed by atoms with Crippen LogP contribution in [-0.2, 0) is 0 Å². The normalized spacial score (nSPS) is 21.6. The third kappa shape index (κ3) is 2.90. The number of nitriles is 1. The van der Waals surface area contributed by atoms with E-state index in [1.807, 2.05) is 0 Å². The van der Waals surface area contributed by atoms with Crippen LogP contribution in [-0.4, -0.2) is 6.18 Å². The predicted molar refractivity (Wildman–Crippen MR) is 46.4 cm³/mol. The lowest BCUT2D eigenvalue weighted by Gasteiger charge is -2.30. The highest BCUT2D eigenvalue weighted by atomic mass is 19.4. The maximum atomic E-state index is 12.5. The van der Waals surface area contributed by atoms with E-state index in [2.05, 4.69) is 0 Å². The minimum Gasteiger partial charge on any atom is -0.198 e. The van der Waals surface area contributed by atoms with Gasteiger partial charge in [-0.05, 0) is 18.8 Å². The Bertz CT molecular complexity index is 210. The summed E-state index contributed by atoms with van der Waals surface area (Å²) < 4.78 is 37.6. The molecule has 1 atom stereocenters. The van der Waals surface area contributed by atoms with Gasteiger partial charge in [-0.25, -0.2) is 0 Å². The standard InChI is InChI=1S/C10H14F3N/c11-10(12,13)9(6-7-14)8-4-2-1-3-5-8/h8-9H,1-6H2. The van der Waals surface area contributed by atoms with Crippen molar-refractivity contribution in [1.29, 1.82) is 5.26 Å². The van der Waals surface area contributed by atoms with Gasteiger partial charge in [-0.3, -0.25) is 0 Å². The van der Waals surface area contributed by atoms with Gasteiger partial charge in [0.1, 0.15) is 0 Å². The Hall–Kier alpha value is -0.720. The summed E-state index contributed by atoms with van der Waals surface area (Å²) in [6.07, 6.45) is -0.525. The quantitative estimate of drug-likeness (QED) is 0.674. The summed E-state index contributed by atoms with van der Waals surface area (Å²) in [6, 6.07) is 1.65. The van der Waals surface area contributed by atoms with Crippen LogP contribution in [0.4, 0.5) is 13.2 Å². The van der Waals surface area contributed by atoms with Crippen LogP contribution in [0.2, 0.25) is 0 Å². The number of halogens is 3. The van der Waals surface area contributed by atoms with Crippen LogP contribution in [0.25, 0.3) is 0 Å². The molecule has 1 nitrogen and oxygen atoms in total. The van der Waals surface area contributed by atoms with Crippen molar-refractivity contribution in [3.8, 4) is 6.07 Å². The molecule has 14 heavy (non-hydrogen) atoms. The molecule has 0 amide bonds. The van der Waals surface area contributed by atoms with Gasteiger partial charge in [0.15, 0.2) is 0 Å². The second kappa shape index (κ2) is 4.68. The number of hydrogen-bond donors (Lipinski definition) is 0. The van der Waals surface area contributed by atoms with Gasteiger partial charge in [-0.1, -0.05) is 19.3 Å². The van der Waals surface area contributed by atoms with E-state index >= 15 is 0 Å². The molecule has 0 aliphatic heterocycles. The molecule has 0 heterocycles. The number of hydrogen-bond acceptors (Lipinski definition) is 1. The first kappa shape index (κ1) is 11.4. The van der Waals surface area contributed by atoms with Gasteiger partial charge in [0, 0.05) is 6.42 Å². The summed E-state index contributed by atoms with van der Waals surface area (Å²) in [5.74, 6) is -1.71. The molecule has 0 bridgehead atoms. The Morgan fingerprint density at radius 2 is 1.79 bits per heavy atom. The average Bonchev–Trinajstić information content (AvgIpc) is 2.14. The van der Waals surface area contributed by atoms with Crippen LogP contribution in [0.15, 0.2) is 0 Å². The van der Waals surface area contributed by atoms with Gasteiger partial charge >= 0.3 is 6.18 Å². The molecule has 1 rings (SSSR count). The van der Waals surface area contributed by atoms with Crippen LogP contribution in [0.5, 0.6) is 0 Å². The van der Waals surface area contributed by atoms with E-state index < -0.39 is 12.1 Å². The highest BCUT2D eigenvalue weighted by Crippen LogP contribution is 2.41. The predicted octanol–water partition coefficient (Wildman–Crippen LogP) is 3.66. The molecule has 1 aliphatic rings. The summed E-state index contributed by atoms with van der Waals surface area (Å²) in [7, 11) is 0. The highest BCUT2D eigenvalue weighted by Gasteiger charge is 2.44. The summed E-state index contributed by atoms with van der Waals surface area (Å²) in [4.78, 5) is 0. The average molecular weight is 205 g/mol. The third-order valence-electron chi connectivity index (χ3n) is 2.95. The Kier molecular flexibility index (Phi) is 3.79. The lowest BCUT2D eigenvalue weighted by molar-refractivity contribution is -0.190. The molecule has 0 aromatic rings. The first-order valence-electron chi connectivity index (χ1n) is 4.99. The maximum Gasteiger partial charge on any atom is 0.393 e. The summed E-state index contributed by atoms with van der Waals surface area (Å²) in [5, 5.41) is 8.38. The second-order valence-corrected chi connectivity index (χ2v) is 3.91. The zero-order valence-corrected chi connectivity index (χ0v) is 7.98. The molecule has 80 valence electrons. The molecular formula is C10H14F3N. The number of alkyl halides is 3. The van der Waals surface area contributed by atoms with Gasteiger partial charge in [-0.15, -0.1) is 0 Å². The maximum absolute atomic E-state index is 12.5. The van der Waals surface area contributed by atoms with Gasteiger partial charge < -0.3 is 0 Å². The zero-order chi connectivity index (χ0) is 10.6. The van der Waals surface area contributed by atoms with E-state index in [9.17, 15) is 13.2 Å². The molecule has 0 radical (unpaired) electrons. The molecular weight excluding hydrogens is 191 g/mol. The Morgan fingerprint density at radius 1 is 1.21 bits per heavy atom. The molecule has 0 saturated heterocycles. The first-order chi connectivity index (χ1) is 6.55. The van der Waals surface area contributed by atoms with Crippen LogP contribution < -0.4 is 0 Å². The highest BCUT2D eigenvalue weighted by molar-refractivity contribution is 4.86. The molecule has 1 saturated carbocycles. The molecule has 0 aromatic heterocycles. The van der Waals surface area contributed by atoms with Crippen LogP contribution in [0.1, 0.15) is 38.5 Å². The van der Waals surface area contributed by atoms with E-state index in [0.29, 0.717) is 12.8 Å². The minimum atomic E-state index is -4.20. The van der Waals surface area contributed by atoms with E-state index in [0.717, 1.165) is 19.3 Å². The molecule has 0 aromatic carbocycles. The summed E-state index contributed by atoms with van der Waals surface area (Å²) in [5.41, 5.74) is 0. The fourth-order valence-corrected chi connectivity index (χ4v) is 2.18. The minimum absolute atomic E-state index is 0.316. The molecule has 1 aliphatic carbocycles. The summed E-state index contributed by atoms with van der Waals surface area (Å²) in [6.45, 7) is 0. The van der Waals surface area contributed by atoms with E-state index in [-0.39, 0.29) is 12.3 Å². The fraction of sp³-hybridized carbons (Fsp3) is 0.900. The van der Waals surface area contributed by atoms with Crippen molar-refractivity contribution >= 4 is 0 Å². The number of nitrogens with zero attached hydrogens (tertiary/aromatic N) is 1. The van der Waals surface area contributed by atoms with Crippen LogP contribution in [0.3, 0.4) is 0 Å². The zero-order valence-electron chi connectivity index (χ0n) is 7.98. The monoisotopic (exact) mass is 205 g/mol. The van der Waals surface area contributed by atoms with Crippen molar-refractivity contribution in [2.24, 2.45) is 11.8 Å².